The van der Waals surface area contributed by atoms with Crippen LogP contribution in [-0.4, -0.2) is 44.0 Å². The van der Waals surface area contributed by atoms with E-state index in [1.54, 1.807) is 60.7 Å². The van der Waals surface area contributed by atoms with Gasteiger partial charge in [0, 0.05) is 41.8 Å². The zero-order valence-electron chi connectivity index (χ0n) is 25.2. The minimum atomic E-state index is -0.718. The van der Waals surface area contributed by atoms with E-state index in [-0.39, 0.29) is 17.5 Å². The number of anilines is 1. The van der Waals surface area contributed by atoms with Crippen LogP contribution in [0.4, 0.5) is 10.1 Å². The van der Waals surface area contributed by atoms with Crippen LogP contribution in [0.3, 0.4) is 0 Å². The second-order valence-corrected chi connectivity index (χ2v) is 10.3. The fourth-order valence-corrected chi connectivity index (χ4v) is 4.65. The molecule has 0 fully saturated rings. The number of para-hydroxylation sites is 1. The Morgan fingerprint density at radius 1 is 0.867 bits per heavy atom. The number of ketones is 1. The molecule has 0 aliphatic heterocycles. The number of carbonyl (C=O) groups is 3. The predicted molar refractivity (Wildman–Crippen MR) is 174 cm³/mol. The van der Waals surface area contributed by atoms with E-state index in [0.29, 0.717) is 67.0 Å². The molecule has 0 saturated carbocycles. The molecule has 0 aliphatic carbocycles. The largest absolute Gasteiger partial charge is 0.494 e. The summed E-state index contributed by atoms with van der Waals surface area (Å²) >= 11 is 0. The molecule has 0 radical (unpaired) electrons. The molecule has 0 spiro atoms. The lowest BCUT2D eigenvalue weighted by Gasteiger charge is -2.20. The maximum absolute atomic E-state index is 13.6. The van der Waals surface area contributed by atoms with Crippen molar-refractivity contribution in [3.8, 4) is 5.75 Å². The number of hydrogen-bond donors (Lipinski definition) is 2. The molecule has 8 heteroatoms. The van der Waals surface area contributed by atoms with E-state index in [1.165, 1.54) is 13.2 Å². The fourth-order valence-electron chi connectivity index (χ4n) is 4.65. The number of methoxy groups -OCH3 is 1. The molecule has 0 aliphatic rings. The average Bonchev–Trinajstić information content (AvgIpc) is 3.07. The number of rotatable bonds is 16. The van der Waals surface area contributed by atoms with Crippen molar-refractivity contribution < 1.29 is 28.2 Å². The molecule has 0 unspecified atom stereocenters. The van der Waals surface area contributed by atoms with E-state index in [0.717, 1.165) is 5.56 Å². The van der Waals surface area contributed by atoms with Crippen molar-refractivity contribution >= 4 is 29.4 Å². The van der Waals surface area contributed by atoms with Crippen molar-refractivity contribution in [2.45, 2.75) is 31.7 Å². The first kappa shape index (κ1) is 32.7. The molecule has 4 aromatic rings. The topological polar surface area (TPSA) is 93.7 Å². The Bertz CT molecular complexity index is 1590. The SMILES string of the molecule is COC(=O)[C@H](Cc1ccc(OCCCNC(=O)CCC=Cc2ccccc2F)cc1)Nc1ccccc1C(=O)c1ccccc1. The highest BCUT2D eigenvalue weighted by Gasteiger charge is 2.22. The van der Waals surface area contributed by atoms with Crippen molar-refractivity contribution in [3.05, 3.63) is 137 Å². The third kappa shape index (κ3) is 10.2. The number of allylic oxidation sites excluding steroid dienone is 1. The second kappa shape index (κ2) is 17.2. The van der Waals surface area contributed by atoms with Gasteiger partial charge in [-0.1, -0.05) is 84.9 Å². The summed E-state index contributed by atoms with van der Waals surface area (Å²) < 4.78 is 24.5. The molecular weight excluding hydrogens is 571 g/mol. The minimum Gasteiger partial charge on any atom is -0.494 e. The highest BCUT2D eigenvalue weighted by Crippen LogP contribution is 2.22. The van der Waals surface area contributed by atoms with Gasteiger partial charge in [-0.2, -0.15) is 0 Å². The molecule has 0 bridgehead atoms. The quantitative estimate of drug-likeness (QED) is 0.0843. The van der Waals surface area contributed by atoms with Gasteiger partial charge < -0.3 is 20.1 Å². The van der Waals surface area contributed by atoms with Gasteiger partial charge in [0.25, 0.3) is 0 Å². The van der Waals surface area contributed by atoms with Gasteiger partial charge >= 0.3 is 5.97 Å². The number of ether oxygens (including phenoxy) is 2. The molecular formula is C37H37FN2O5. The summed E-state index contributed by atoms with van der Waals surface area (Å²) in [4.78, 5) is 37.9. The molecule has 1 amide bonds. The van der Waals surface area contributed by atoms with E-state index in [4.69, 9.17) is 9.47 Å². The van der Waals surface area contributed by atoms with Crippen molar-refractivity contribution in [1.29, 1.82) is 0 Å². The predicted octanol–water partition coefficient (Wildman–Crippen LogP) is 6.63. The number of carbonyl (C=O) groups excluding carboxylic acids is 3. The Morgan fingerprint density at radius 2 is 1.58 bits per heavy atom. The monoisotopic (exact) mass is 608 g/mol. The zero-order chi connectivity index (χ0) is 31.9. The Kier molecular flexibility index (Phi) is 12.5. The number of amides is 1. The van der Waals surface area contributed by atoms with Crippen LogP contribution in [0, 0.1) is 5.82 Å². The number of halogens is 1. The standard InChI is InChI=1S/C37H37FN2O5/c1-44-37(43)34(40-33-18-9-7-16-31(33)36(42)29-14-3-2-4-15-29)26-27-20-22-30(23-21-27)45-25-11-24-39-35(41)19-10-6-13-28-12-5-8-17-32(28)38/h2-9,12-18,20-23,34,40H,10-11,19,24-26H2,1H3,(H,39,41)/t34-/m0/s1. The van der Waals surface area contributed by atoms with Crippen LogP contribution in [0.15, 0.2) is 109 Å². The van der Waals surface area contributed by atoms with E-state index >= 15 is 0 Å². The van der Waals surface area contributed by atoms with Crippen molar-refractivity contribution in [2.75, 3.05) is 25.6 Å². The lowest BCUT2D eigenvalue weighted by molar-refractivity contribution is -0.141. The summed E-state index contributed by atoms with van der Waals surface area (Å²) in [6, 6.07) is 29.3. The molecule has 7 nitrogen and oxygen atoms in total. The molecule has 0 heterocycles. The molecule has 4 rings (SSSR count). The molecule has 1 atom stereocenters. The molecule has 0 aromatic heterocycles. The Morgan fingerprint density at radius 3 is 2.33 bits per heavy atom. The van der Waals surface area contributed by atoms with Gasteiger partial charge in [0.15, 0.2) is 5.78 Å². The smallest absolute Gasteiger partial charge is 0.328 e. The first-order valence-corrected chi connectivity index (χ1v) is 14.9. The Balaban J connectivity index is 1.22. The number of benzene rings is 4. The van der Waals surface area contributed by atoms with Crippen molar-refractivity contribution in [3.63, 3.8) is 0 Å². The van der Waals surface area contributed by atoms with Crippen LogP contribution in [0.25, 0.3) is 6.08 Å². The summed E-state index contributed by atoms with van der Waals surface area (Å²) in [6.07, 6.45) is 5.29. The molecule has 0 saturated heterocycles. The van der Waals surface area contributed by atoms with Gasteiger partial charge in [-0.3, -0.25) is 9.59 Å². The first-order valence-electron chi connectivity index (χ1n) is 14.9. The average molecular weight is 609 g/mol. The maximum Gasteiger partial charge on any atom is 0.328 e. The molecule has 4 aromatic carbocycles. The second-order valence-electron chi connectivity index (χ2n) is 10.3. The van der Waals surface area contributed by atoms with Gasteiger partial charge in [-0.15, -0.1) is 0 Å². The van der Waals surface area contributed by atoms with Crippen LogP contribution in [0.5, 0.6) is 5.75 Å². The summed E-state index contributed by atoms with van der Waals surface area (Å²) in [6.45, 7) is 0.903. The van der Waals surface area contributed by atoms with Crippen LogP contribution < -0.4 is 15.4 Å². The van der Waals surface area contributed by atoms with E-state index in [2.05, 4.69) is 10.6 Å². The zero-order valence-corrected chi connectivity index (χ0v) is 25.2. The van der Waals surface area contributed by atoms with Gasteiger partial charge in [-0.05, 0) is 48.7 Å². The lowest BCUT2D eigenvalue weighted by Crippen LogP contribution is -2.33. The third-order valence-electron chi connectivity index (χ3n) is 7.04. The van der Waals surface area contributed by atoms with Crippen LogP contribution in [0.1, 0.15) is 46.3 Å². The highest BCUT2D eigenvalue weighted by molar-refractivity contribution is 6.12. The molecule has 232 valence electrons. The van der Waals surface area contributed by atoms with E-state index in [9.17, 15) is 18.8 Å². The molecule has 2 N–H and O–H groups in total. The lowest BCUT2D eigenvalue weighted by atomic mass is 10.00. The summed E-state index contributed by atoms with van der Waals surface area (Å²) in [5.41, 5.74) is 2.96. The van der Waals surface area contributed by atoms with Gasteiger partial charge in [0.05, 0.1) is 13.7 Å². The molecule has 45 heavy (non-hydrogen) atoms. The third-order valence-corrected chi connectivity index (χ3v) is 7.04. The van der Waals surface area contributed by atoms with Gasteiger partial charge in [0.2, 0.25) is 5.91 Å². The number of hydrogen-bond acceptors (Lipinski definition) is 6. The van der Waals surface area contributed by atoms with Gasteiger partial charge in [0.1, 0.15) is 17.6 Å². The van der Waals surface area contributed by atoms with E-state index in [1.807, 2.05) is 48.5 Å². The Labute approximate surface area is 263 Å². The van der Waals surface area contributed by atoms with Crippen LogP contribution in [0.2, 0.25) is 0 Å². The van der Waals surface area contributed by atoms with Crippen LogP contribution in [-0.2, 0) is 20.7 Å². The highest BCUT2D eigenvalue weighted by atomic mass is 19.1. The van der Waals surface area contributed by atoms with Gasteiger partial charge in [-0.25, -0.2) is 9.18 Å². The minimum absolute atomic E-state index is 0.0710. The van der Waals surface area contributed by atoms with Crippen molar-refractivity contribution in [1.82, 2.24) is 5.32 Å². The number of esters is 1. The fraction of sp³-hybridized carbons (Fsp3) is 0.216. The maximum atomic E-state index is 13.6. The van der Waals surface area contributed by atoms with E-state index < -0.39 is 12.0 Å². The summed E-state index contributed by atoms with van der Waals surface area (Å²) in [7, 11) is 1.34. The number of nitrogens with one attached hydrogen (secondary N) is 2. The van der Waals surface area contributed by atoms with Crippen LogP contribution >= 0.6 is 0 Å². The Hall–Kier alpha value is -5.24. The summed E-state index contributed by atoms with van der Waals surface area (Å²) in [5.74, 6) is -0.272. The van der Waals surface area contributed by atoms with Crippen molar-refractivity contribution in [2.24, 2.45) is 0 Å². The summed E-state index contributed by atoms with van der Waals surface area (Å²) in [5, 5.41) is 6.08. The first-order chi connectivity index (χ1) is 21.9. The normalized spacial score (nSPS) is 11.5.